The SMILES string of the molecule is CCOc1cc2c(cc1NC(=O)c1cc(C3CC3)on1)OC(C)C2. The maximum absolute atomic E-state index is 12.5. The number of benzene rings is 1. The van der Waals surface area contributed by atoms with Crippen molar-refractivity contribution in [3.05, 3.63) is 35.2 Å². The summed E-state index contributed by atoms with van der Waals surface area (Å²) in [6.07, 6.45) is 3.19. The molecule has 1 aromatic carbocycles. The van der Waals surface area contributed by atoms with E-state index in [9.17, 15) is 4.79 Å². The third-order valence-electron chi connectivity index (χ3n) is 4.29. The highest BCUT2D eigenvalue weighted by atomic mass is 16.5. The summed E-state index contributed by atoms with van der Waals surface area (Å²) in [6.45, 7) is 4.46. The van der Waals surface area contributed by atoms with Gasteiger partial charge in [0.15, 0.2) is 5.69 Å². The first-order chi connectivity index (χ1) is 11.6. The van der Waals surface area contributed by atoms with Gasteiger partial charge in [-0.15, -0.1) is 0 Å². The number of rotatable bonds is 5. The summed E-state index contributed by atoms with van der Waals surface area (Å²) in [5.41, 5.74) is 1.97. The van der Waals surface area contributed by atoms with Gasteiger partial charge in [-0.25, -0.2) is 0 Å². The van der Waals surface area contributed by atoms with Gasteiger partial charge in [0.05, 0.1) is 12.3 Å². The smallest absolute Gasteiger partial charge is 0.277 e. The molecule has 2 heterocycles. The number of amides is 1. The number of carbonyl (C=O) groups is 1. The molecule has 4 rings (SSSR count). The number of hydrogen-bond acceptors (Lipinski definition) is 5. The number of nitrogens with zero attached hydrogens (tertiary/aromatic N) is 1. The summed E-state index contributed by atoms with van der Waals surface area (Å²) in [7, 11) is 0. The molecule has 1 N–H and O–H groups in total. The average molecular weight is 328 g/mol. The van der Waals surface area contributed by atoms with E-state index in [0.29, 0.717) is 24.0 Å². The Labute approximate surface area is 140 Å². The molecule has 6 nitrogen and oxygen atoms in total. The van der Waals surface area contributed by atoms with Crippen molar-refractivity contribution in [1.29, 1.82) is 0 Å². The number of carbonyl (C=O) groups excluding carboxylic acids is 1. The summed E-state index contributed by atoms with van der Waals surface area (Å²) in [6, 6.07) is 5.49. The van der Waals surface area contributed by atoms with Crippen molar-refractivity contribution in [2.24, 2.45) is 0 Å². The van der Waals surface area contributed by atoms with E-state index in [1.54, 1.807) is 6.07 Å². The van der Waals surface area contributed by atoms with E-state index in [2.05, 4.69) is 10.5 Å². The van der Waals surface area contributed by atoms with Gasteiger partial charge in [-0.3, -0.25) is 4.79 Å². The molecule has 0 bridgehead atoms. The minimum atomic E-state index is -0.308. The summed E-state index contributed by atoms with van der Waals surface area (Å²) in [5, 5.41) is 6.74. The van der Waals surface area contributed by atoms with Crippen LogP contribution in [0.1, 0.15) is 54.4 Å². The Bertz CT molecular complexity index is 779. The third kappa shape index (κ3) is 2.84. The van der Waals surface area contributed by atoms with E-state index in [0.717, 1.165) is 36.3 Å². The van der Waals surface area contributed by atoms with E-state index >= 15 is 0 Å². The summed E-state index contributed by atoms with van der Waals surface area (Å²) < 4.78 is 16.7. The number of ether oxygens (including phenoxy) is 2. The predicted octanol–water partition coefficient (Wildman–Crippen LogP) is 3.53. The largest absolute Gasteiger partial charge is 0.492 e. The van der Waals surface area contributed by atoms with E-state index < -0.39 is 0 Å². The fourth-order valence-corrected chi connectivity index (χ4v) is 2.95. The molecule has 126 valence electrons. The molecule has 1 fully saturated rings. The van der Waals surface area contributed by atoms with E-state index in [1.165, 1.54) is 0 Å². The van der Waals surface area contributed by atoms with Crippen molar-refractivity contribution in [2.75, 3.05) is 11.9 Å². The topological polar surface area (TPSA) is 73.6 Å². The van der Waals surface area contributed by atoms with Gasteiger partial charge in [-0.2, -0.15) is 0 Å². The Morgan fingerprint density at radius 3 is 2.96 bits per heavy atom. The lowest BCUT2D eigenvalue weighted by Gasteiger charge is -2.12. The van der Waals surface area contributed by atoms with Crippen LogP contribution in [0, 0.1) is 0 Å². The summed E-state index contributed by atoms with van der Waals surface area (Å²) in [5.74, 6) is 2.34. The highest BCUT2D eigenvalue weighted by Gasteiger charge is 2.29. The van der Waals surface area contributed by atoms with E-state index in [-0.39, 0.29) is 17.7 Å². The number of anilines is 1. The van der Waals surface area contributed by atoms with Gasteiger partial charge in [-0.05, 0) is 32.8 Å². The molecular formula is C18H20N2O4. The molecule has 0 radical (unpaired) electrons. The van der Waals surface area contributed by atoms with Crippen LogP contribution in [0.4, 0.5) is 5.69 Å². The standard InChI is InChI=1S/C18H20N2O4/c1-3-22-17-7-12-6-10(2)23-15(12)8-13(17)19-18(21)14-9-16(24-20-14)11-4-5-11/h7-11H,3-6H2,1-2H3,(H,19,21). The lowest BCUT2D eigenvalue weighted by Crippen LogP contribution is -2.13. The molecule has 2 aromatic rings. The normalized spacial score (nSPS) is 18.8. The van der Waals surface area contributed by atoms with Gasteiger partial charge >= 0.3 is 0 Å². The van der Waals surface area contributed by atoms with Crippen LogP contribution in [0.3, 0.4) is 0 Å². The minimum Gasteiger partial charge on any atom is -0.492 e. The second-order valence-corrected chi connectivity index (χ2v) is 6.36. The van der Waals surface area contributed by atoms with Crippen LogP contribution >= 0.6 is 0 Å². The lowest BCUT2D eigenvalue weighted by molar-refractivity contribution is 0.101. The molecule has 6 heteroatoms. The predicted molar refractivity (Wildman–Crippen MR) is 87.8 cm³/mol. The fourth-order valence-electron chi connectivity index (χ4n) is 2.95. The number of nitrogens with one attached hydrogen (secondary N) is 1. The van der Waals surface area contributed by atoms with Crippen LogP contribution in [-0.2, 0) is 6.42 Å². The number of hydrogen-bond donors (Lipinski definition) is 1. The van der Waals surface area contributed by atoms with Crippen molar-refractivity contribution >= 4 is 11.6 Å². The molecule has 0 spiro atoms. The van der Waals surface area contributed by atoms with E-state index in [4.69, 9.17) is 14.0 Å². The molecule has 1 aliphatic heterocycles. The second-order valence-electron chi connectivity index (χ2n) is 6.36. The van der Waals surface area contributed by atoms with Crippen LogP contribution in [0.2, 0.25) is 0 Å². The van der Waals surface area contributed by atoms with E-state index in [1.807, 2.05) is 26.0 Å². The zero-order chi connectivity index (χ0) is 16.7. The fraction of sp³-hybridized carbons (Fsp3) is 0.444. The Balaban J connectivity index is 1.58. The van der Waals surface area contributed by atoms with Gasteiger partial charge in [0.1, 0.15) is 23.4 Å². The number of fused-ring (bicyclic) bond motifs is 1. The lowest BCUT2D eigenvalue weighted by atomic mass is 10.1. The molecular weight excluding hydrogens is 308 g/mol. The van der Waals surface area contributed by atoms with Crippen molar-refractivity contribution in [2.45, 2.75) is 45.1 Å². The molecule has 1 atom stereocenters. The van der Waals surface area contributed by atoms with Crippen LogP contribution < -0.4 is 14.8 Å². The molecule has 2 aliphatic rings. The zero-order valence-corrected chi connectivity index (χ0v) is 13.8. The second kappa shape index (κ2) is 5.85. The van der Waals surface area contributed by atoms with Crippen molar-refractivity contribution < 1.29 is 18.8 Å². The van der Waals surface area contributed by atoms with Gasteiger partial charge in [-0.1, -0.05) is 5.16 Å². The Hall–Kier alpha value is -2.50. The highest BCUT2D eigenvalue weighted by Crippen LogP contribution is 2.41. The molecule has 1 aromatic heterocycles. The first-order valence-electron chi connectivity index (χ1n) is 8.38. The first kappa shape index (κ1) is 15.1. The summed E-state index contributed by atoms with van der Waals surface area (Å²) >= 11 is 0. The molecule has 1 unspecified atom stereocenters. The van der Waals surface area contributed by atoms with Crippen molar-refractivity contribution in [1.82, 2.24) is 5.16 Å². The molecule has 1 aliphatic carbocycles. The Kier molecular flexibility index (Phi) is 3.67. The molecule has 24 heavy (non-hydrogen) atoms. The molecule has 1 saturated carbocycles. The maximum atomic E-state index is 12.5. The van der Waals surface area contributed by atoms with Crippen molar-refractivity contribution in [3.8, 4) is 11.5 Å². The van der Waals surface area contributed by atoms with Gasteiger partial charge in [0, 0.05) is 30.0 Å². The quantitative estimate of drug-likeness (QED) is 0.909. The number of aromatic nitrogens is 1. The summed E-state index contributed by atoms with van der Waals surface area (Å²) in [4.78, 5) is 12.5. The van der Waals surface area contributed by atoms with Crippen LogP contribution in [-0.4, -0.2) is 23.8 Å². The molecule has 0 saturated heterocycles. The van der Waals surface area contributed by atoms with Gasteiger partial charge in [0.2, 0.25) is 0 Å². The highest BCUT2D eigenvalue weighted by molar-refractivity contribution is 6.03. The van der Waals surface area contributed by atoms with Gasteiger partial charge < -0.3 is 19.3 Å². The van der Waals surface area contributed by atoms with Crippen molar-refractivity contribution in [3.63, 3.8) is 0 Å². The monoisotopic (exact) mass is 328 g/mol. The van der Waals surface area contributed by atoms with Gasteiger partial charge in [0.25, 0.3) is 5.91 Å². The minimum absolute atomic E-state index is 0.136. The molecule has 1 amide bonds. The zero-order valence-electron chi connectivity index (χ0n) is 13.8. The Morgan fingerprint density at radius 1 is 1.38 bits per heavy atom. The average Bonchev–Trinajstić information content (AvgIpc) is 3.16. The maximum Gasteiger partial charge on any atom is 0.277 e. The van der Waals surface area contributed by atoms with Crippen LogP contribution in [0.25, 0.3) is 0 Å². The first-order valence-corrected chi connectivity index (χ1v) is 8.38. The van der Waals surface area contributed by atoms with Crippen LogP contribution in [0.15, 0.2) is 22.7 Å². The Morgan fingerprint density at radius 2 is 2.21 bits per heavy atom. The van der Waals surface area contributed by atoms with Crippen LogP contribution in [0.5, 0.6) is 11.5 Å². The third-order valence-corrected chi connectivity index (χ3v) is 4.29.